The Morgan fingerprint density at radius 3 is 2.75 bits per heavy atom. The molecule has 2 aliphatic heterocycles. The fourth-order valence-corrected chi connectivity index (χ4v) is 5.23. The number of amides is 1. The fourth-order valence-electron chi connectivity index (χ4n) is 4.63. The second kappa shape index (κ2) is 6.87. The highest BCUT2D eigenvalue weighted by molar-refractivity contribution is 7.09. The topological polar surface area (TPSA) is 41.4 Å². The van der Waals surface area contributed by atoms with E-state index in [2.05, 4.69) is 57.2 Å². The number of carbonyl (C=O) groups excluding carboxylic acids is 1. The minimum Gasteiger partial charge on any atom is -0.337 e. The normalized spacial score (nSPS) is 21.8. The van der Waals surface area contributed by atoms with Crippen LogP contribution in [0.5, 0.6) is 0 Å². The number of rotatable bonds is 4. The monoisotopic (exact) mass is 392 g/mol. The summed E-state index contributed by atoms with van der Waals surface area (Å²) in [6, 6.07) is 13.1. The Hall–Kier alpha value is -2.44. The number of fused-ring (bicyclic) bond motifs is 3. The lowest BCUT2D eigenvalue weighted by molar-refractivity contribution is 0.0553. The predicted molar refractivity (Wildman–Crippen MR) is 110 cm³/mol. The minimum atomic E-state index is 0.120. The standard InChI is InChI=1S/C22H24N4OS/c1-15-5-3-6-17(9-15)10-24-12-20-21(13-24)26(11-18-14-28-16(2)23-18)22(27)19-7-4-8-25(19)20/h3-9,14,20-21H,10-13H2,1-2H3/t20-,21-/m1/s1. The van der Waals surface area contributed by atoms with Crippen LogP contribution in [0.25, 0.3) is 0 Å². The Labute approximate surface area is 169 Å². The van der Waals surface area contributed by atoms with Crippen molar-refractivity contribution in [1.29, 1.82) is 0 Å². The van der Waals surface area contributed by atoms with Gasteiger partial charge in [0.25, 0.3) is 5.91 Å². The van der Waals surface area contributed by atoms with Crippen LogP contribution >= 0.6 is 11.3 Å². The first-order valence-corrected chi connectivity index (χ1v) is 10.6. The number of likely N-dealkylation sites (tertiary alicyclic amines) is 1. The molecule has 0 spiro atoms. The maximum atomic E-state index is 13.2. The van der Waals surface area contributed by atoms with Gasteiger partial charge in [0, 0.05) is 31.2 Å². The number of aryl methyl sites for hydroxylation is 2. The molecule has 0 aliphatic carbocycles. The fraction of sp³-hybridized carbons (Fsp3) is 0.364. The highest BCUT2D eigenvalue weighted by Crippen LogP contribution is 2.35. The van der Waals surface area contributed by atoms with Gasteiger partial charge in [-0.25, -0.2) is 4.98 Å². The molecular weight excluding hydrogens is 368 g/mol. The summed E-state index contributed by atoms with van der Waals surface area (Å²) < 4.78 is 2.19. The molecule has 0 unspecified atom stereocenters. The third-order valence-corrected chi connectivity index (χ3v) is 6.66. The quantitative estimate of drug-likeness (QED) is 0.681. The smallest absolute Gasteiger partial charge is 0.271 e. The molecule has 5 nitrogen and oxygen atoms in total. The molecule has 28 heavy (non-hydrogen) atoms. The third kappa shape index (κ3) is 3.06. The van der Waals surface area contributed by atoms with Crippen molar-refractivity contribution in [3.8, 4) is 0 Å². The van der Waals surface area contributed by atoms with Gasteiger partial charge in [-0.2, -0.15) is 0 Å². The molecule has 1 fully saturated rings. The van der Waals surface area contributed by atoms with Crippen molar-refractivity contribution in [2.24, 2.45) is 0 Å². The highest BCUT2D eigenvalue weighted by Gasteiger charge is 2.44. The zero-order chi connectivity index (χ0) is 19.3. The van der Waals surface area contributed by atoms with Gasteiger partial charge < -0.3 is 9.47 Å². The van der Waals surface area contributed by atoms with E-state index in [0.717, 1.165) is 36.0 Å². The molecule has 4 heterocycles. The van der Waals surface area contributed by atoms with E-state index in [-0.39, 0.29) is 11.9 Å². The summed E-state index contributed by atoms with van der Waals surface area (Å²) >= 11 is 1.65. The molecule has 0 bridgehead atoms. The number of hydrogen-bond acceptors (Lipinski definition) is 4. The average molecular weight is 393 g/mol. The van der Waals surface area contributed by atoms with Gasteiger partial charge in [-0.1, -0.05) is 29.8 Å². The first-order chi connectivity index (χ1) is 13.6. The van der Waals surface area contributed by atoms with Crippen molar-refractivity contribution in [3.05, 3.63) is 75.5 Å². The number of thiazole rings is 1. The Morgan fingerprint density at radius 2 is 1.96 bits per heavy atom. The van der Waals surface area contributed by atoms with Gasteiger partial charge in [-0.15, -0.1) is 11.3 Å². The van der Waals surface area contributed by atoms with E-state index >= 15 is 0 Å². The van der Waals surface area contributed by atoms with Crippen LogP contribution in [0.3, 0.4) is 0 Å². The summed E-state index contributed by atoms with van der Waals surface area (Å²) in [5.74, 6) is 0.120. The zero-order valence-electron chi connectivity index (χ0n) is 16.2. The van der Waals surface area contributed by atoms with Crippen LogP contribution in [-0.4, -0.2) is 44.4 Å². The molecule has 1 saturated heterocycles. The summed E-state index contributed by atoms with van der Waals surface area (Å²) in [6.45, 7) is 7.51. The van der Waals surface area contributed by atoms with Gasteiger partial charge in [-0.05, 0) is 31.5 Å². The van der Waals surface area contributed by atoms with E-state index in [0.29, 0.717) is 12.6 Å². The summed E-state index contributed by atoms with van der Waals surface area (Å²) in [5, 5.41) is 3.12. The first kappa shape index (κ1) is 17.6. The summed E-state index contributed by atoms with van der Waals surface area (Å²) in [5.41, 5.74) is 4.41. The second-order valence-corrected chi connectivity index (χ2v) is 8.97. The van der Waals surface area contributed by atoms with E-state index in [4.69, 9.17) is 0 Å². The minimum absolute atomic E-state index is 0.120. The van der Waals surface area contributed by atoms with Crippen LogP contribution in [0.2, 0.25) is 0 Å². The molecule has 1 amide bonds. The highest BCUT2D eigenvalue weighted by atomic mass is 32.1. The lowest BCUT2D eigenvalue weighted by Crippen LogP contribution is -2.49. The molecule has 6 heteroatoms. The molecule has 5 rings (SSSR count). The van der Waals surface area contributed by atoms with Crippen LogP contribution in [0, 0.1) is 13.8 Å². The van der Waals surface area contributed by atoms with Crippen molar-refractivity contribution in [1.82, 2.24) is 19.4 Å². The molecule has 1 aromatic carbocycles. The molecule has 144 valence electrons. The predicted octanol–water partition coefficient (Wildman–Crippen LogP) is 3.64. The Bertz CT molecular complexity index is 1020. The molecule has 0 saturated carbocycles. The van der Waals surface area contributed by atoms with Gasteiger partial charge in [0.2, 0.25) is 0 Å². The maximum Gasteiger partial charge on any atom is 0.271 e. The molecule has 0 radical (unpaired) electrons. The first-order valence-electron chi connectivity index (χ1n) is 9.75. The van der Waals surface area contributed by atoms with Crippen molar-refractivity contribution in [2.45, 2.75) is 39.0 Å². The van der Waals surface area contributed by atoms with Gasteiger partial charge >= 0.3 is 0 Å². The second-order valence-electron chi connectivity index (χ2n) is 7.91. The lowest BCUT2D eigenvalue weighted by Gasteiger charge is -2.38. The van der Waals surface area contributed by atoms with Crippen LogP contribution in [0.1, 0.15) is 38.4 Å². The Kier molecular flexibility index (Phi) is 4.33. The van der Waals surface area contributed by atoms with Crippen LogP contribution in [0.4, 0.5) is 0 Å². The molecule has 2 aliphatic rings. The summed E-state index contributed by atoms with van der Waals surface area (Å²) in [7, 11) is 0. The van der Waals surface area contributed by atoms with Gasteiger partial charge in [-0.3, -0.25) is 9.69 Å². The lowest BCUT2D eigenvalue weighted by atomic mass is 10.1. The SMILES string of the molecule is Cc1cccc(CN2C[C@@H]3[C@@H](C2)n2cccc2C(=O)N3Cc2csc(C)n2)c1. The third-order valence-electron chi connectivity index (χ3n) is 5.84. The maximum absolute atomic E-state index is 13.2. The van der Waals surface area contributed by atoms with Crippen LogP contribution in [0.15, 0.2) is 48.0 Å². The van der Waals surface area contributed by atoms with E-state index in [1.165, 1.54) is 11.1 Å². The summed E-state index contributed by atoms with van der Waals surface area (Å²) in [6.07, 6.45) is 2.06. The van der Waals surface area contributed by atoms with E-state index in [9.17, 15) is 4.79 Å². The van der Waals surface area contributed by atoms with Crippen LogP contribution < -0.4 is 0 Å². The van der Waals surface area contributed by atoms with Crippen LogP contribution in [-0.2, 0) is 13.1 Å². The molecule has 2 aromatic heterocycles. The Morgan fingerprint density at radius 1 is 1.11 bits per heavy atom. The van der Waals surface area contributed by atoms with E-state index in [1.54, 1.807) is 11.3 Å². The van der Waals surface area contributed by atoms with Crippen molar-refractivity contribution in [2.75, 3.05) is 13.1 Å². The van der Waals surface area contributed by atoms with Crippen molar-refractivity contribution >= 4 is 17.2 Å². The summed E-state index contributed by atoms with van der Waals surface area (Å²) in [4.78, 5) is 22.3. The zero-order valence-corrected chi connectivity index (χ0v) is 17.0. The molecule has 2 atom stereocenters. The number of aromatic nitrogens is 2. The molecule has 3 aromatic rings. The largest absolute Gasteiger partial charge is 0.337 e. The van der Waals surface area contributed by atoms with Gasteiger partial charge in [0.1, 0.15) is 5.69 Å². The average Bonchev–Trinajstić information content (AvgIpc) is 3.38. The van der Waals surface area contributed by atoms with Crippen molar-refractivity contribution < 1.29 is 4.79 Å². The van der Waals surface area contributed by atoms with Gasteiger partial charge in [0.05, 0.1) is 29.3 Å². The van der Waals surface area contributed by atoms with Crippen molar-refractivity contribution in [3.63, 3.8) is 0 Å². The number of hydrogen-bond donors (Lipinski definition) is 0. The number of benzene rings is 1. The Balaban J connectivity index is 1.43. The van der Waals surface area contributed by atoms with Gasteiger partial charge in [0.15, 0.2) is 0 Å². The molecular formula is C22H24N4OS. The van der Waals surface area contributed by atoms with E-state index < -0.39 is 0 Å². The molecule has 0 N–H and O–H groups in total. The van der Waals surface area contributed by atoms with E-state index in [1.807, 2.05) is 24.0 Å². The number of carbonyl (C=O) groups is 1. The number of nitrogens with zero attached hydrogens (tertiary/aromatic N) is 4.